The number of ether oxygens (including phenoxy) is 2. The number of nitrogens with zero attached hydrogens (tertiary/aromatic N) is 2. The smallest absolute Gasteiger partial charge is 0.253 e. The van der Waals surface area contributed by atoms with Crippen LogP contribution in [0.4, 0.5) is 5.69 Å². The van der Waals surface area contributed by atoms with Crippen molar-refractivity contribution in [1.82, 2.24) is 0 Å². The van der Waals surface area contributed by atoms with Crippen LogP contribution < -0.4 is 9.64 Å². The van der Waals surface area contributed by atoms with E-state index < -0.39 is 0 Å². The number of rotatable bonds is 7. The summed E-state index contributed by atoms with van der Waals surface area (Å²) in [6.45, 7) is 2.45. The third kappa shape index (κ3) is 3.99. The van der Waals surface area contributed by atoms with Gasteiger partial charge in [-0.15, -0.1) is 0 Å². The Kier molecular flexibility index (Phi) is 5.40. The lowest BCUT2D eigenvalue weighted by molar-refractivity contribution is -0.136. The molecule has 5 nitrogen and oxygen atoms in total. The summed E-state index contributed by atoms with van der Waals surface area (Å²) in [5.74, 6) is 0.614. The van der Waals surface area contributed by atoms with E-state index in [1.807, 2.05) is 19.1 Å². The number of carbonyl (C=O) groups is 1. The number of benzene rings is 1. The highest BCUT2D eigenvalue weighted by molar-refractivity contribution is 5.94. The molecular formula is C17H22N2O3. The molecule has 22 heavy (non-hydrogen) atoms. The molecule has 1 fully saturated rings. The van der Waals surface area contributed by atoms with E-state index in [2.05, 4.69) is 6.07 Å². The lowest BCUT2D eigenvalue weighted by Crippen LogP contribution is -2.42. The molecule has 0 aromatic heterocycles. The maximum Gasteiger partial charge on any atom is 0.253 e. The standard InChI is InChI=1S/C17H22N2O3/c1-17(9-3-10-17)22-13-16(20)19(12-4-11-18)14-5-7-15(21-2)8-6-14/h5-8H,3-4,9-10,12-13H2,1-2H3. The minimum Gasteiger partial charge on any atom is -0.497 e. The molecule has 118 valence electrons. The molecule has 0 atom stereocenters. The molecule has 0 spiro atoms. The van der Waals surface area contributed by atoms with Gasteiger partial charge in [0.2, 0.25) is 0 Å². The van der Waals surface area contributed by atoms with E-state index in [0.29, 0.717) is 6.54 Å². The van der Waals surface area contributed by atoms with E-state index >= 15 is 0 Å². The van der Waals surface area contributed by atoms with Crippen molar-refractivity contribution < 1.29 is 14.3 Å². The Bertz CT molecular complexity index is 544. The third-order valence-corrected chi connectivity index (χ3v) is 4.09. The molecule has 5 heteroatoms. The Balaban J connectivity index is 2.03. The first-order chi connectivity index (χ1) is 10.6. The molecule has 1 saturated carbocycles. The second kappa shape index (κ2) is 7.28. The predicted octanol–water partition coefficient (Wildman–Crippen LogP) is 2.90. The van der Waals surface area contributed by atoms with E-state index in [-0.39, 0.29) is 24.5 Å². The highest BCUT2D eigenvalue weighted by Crippen LogP contribution is 2.34. The van der Waals surface area contributed by atoms with Crippen molar-refractivity contribution in [2.45, 2.75) is 38.2 Å². The number of carbonyl (C=O) groups excluding carboxylic acids is 1. The van der Waals surface area contributed by atoms with Gasteiger partial charge in [0, 0.05) is 12.2 Å². The highest BCUT2D eigenvalue weighted by atomic mass is 16.5. The molecule has 1 aromatic rings. The van der Waals surface area contributed by atoms with Gasteiger partial charge in [-0.3, -0.25) is 4.79 Å². The van der Waals surface area contributed by atoms with Gasteiger partial charge in [-0.25, -0.2) is 0 Å². The van der Waals surface area contributed by atoms with Crippen LogP contribution >= 0.6 is 0 Å². The fraction of sp³-hybridized carbons (Fsp3) is 0.529. The summed E-state index contributed by atoms with van der Waals surface area (Å²) in [6.07, 6.45) is 3.44. The fourth-order valence-corrected chi connectivity index (χ4v) is 2.45. The molecular weight excluding hydrogens is 280 g/mol. The van der Waals surface area contributed by atoms with Gasteiger partial charge >= 0.3 is 0 Å². The molecule has 0 saturated heterocycles. The van der Waals surface area contributed by atoms with Crippen molar-refractivity contribution in [3.63, 3.8) is 0 Å². The molecule has 0 N–H and O–H groups in total. The molecule has 1 aromatic carbocycles. The van der Waals surface area contributed by atoms with Gasteiger partial charge in [-0.1, -0.05) is 0 Å². The average Bonchev–Trinajstić information content (AvgIpc) is 2.52. The van der Waals surface area contributed by atoms with Crippen LogP contribution in [0.3, 0.4) is 0 Å². The van der Waals surface area contributed by atoms with Crippen molar-refractivity contribution in [2.24, 2.45) is 0 Å². The van der Waals surface area contributed by atoms with Crippen LogP contribution in [0.25, 0.3) is 0 Å². The minimum atomic E-state index is -0.156. The van der Waals surface area contributed by atoms with Crippen LogP contribution in [-0.4, -0.2) is 31.8 Å². The molecule has 1 aliphatic carbocycles. The predicted molar refractivity (Wildman–Crippen MR) is 83.8 cm³/mol. The number of nitriles is 1. The van der Waals surface area contributed by atoms with Crippen LogP contribution in [0.5, 0.6) is 5.75 Å². The summed E-state index contributed by atoms with van der Waals surface area (Å²) in [7, 11) is 1.60. The van der Waals surface area contributed by atoms with Gasteiger partial charge in [0.05, 0.1) is 25.2 Å². The Morgan fingerprint density at radius 3 is 2.55 bits per heavy atom. The van der Waals surface area contributed by atoms with Gasteiger partial charge in [-0.2, -0.15) is 5.26 Å². The van der Waals surface area contributed by atoms with Crippen LogP contribution in [0.2, 0.25) is 0 Å². The Morgan fingerprint density at radius 2 is 2.05 bits per heavy atom. The van der Waals surface area contributed by atoms with Crippen molar-refractivity contribution >= 4 is 11.6 Å². The zero-order chi connectivity index (χ0) is 16.0. The monoisotopic (exact) mass is 302 g/mol. The molecule has 2 rings (SSSR count). The van der Waals surface area contributed by atoms with E-state index in [4.69, 9.17) is 14.7 Å². The maximum absolute atomic E-state index is 12.5. The SMILES string of the molecule is COc1ccc(N(CCC#N)C(=O)COC2(C)CCC2)cc1. The number of methoxy groups -OCH3 is 1. The van der Waals surface area contributed by atoms with Crippen LogP contribution in [-0.2, 0) is 9.53 Å². The number of hydrogen-bond acceptors (Lipinski definition) is 4. The molecule has 0 bridgehead atoms. The lowest BCUT2D eigenvalue weighted by Gasteiger charge is -2.38. The molecule has 1 aliphatic rings. The van der Waals surface area contributed by atoms with Gasteiger partial charge in [0.1, 0.15) is 12.4 Å². The Hall–Kier alpha value is -2.06. The number of hydrogen-bond donors (Lipinski definition) is 0. The molecule has 0 aliphatic heterocycles. The second-order valence-corrected chi connectivity index (χ2v) is 5.74. The lowest BCUT2D eigenvalue weighted by atomic mass is 9.82. The van der Waals surface area contributed by atoms with Crippen LogP contribution in [0, 0.1) is 11.3 Å². The van der Waals surface area contributed by atoms with Crippen LogP contribution in [0.15, 0.2) is 24.3 Å². The summed E-state index contributed by atoms with van der Waals surface area (Å²) < 4.78 is 10.9. The molecule has 1 amide bonds. The summed E-state index contributed by atoms with van der Waals surface area (Å²) >= 11 is 0. The zero-order valence-corrected chi connectivity index (χ0v) is 13.2. The second-order valence-electron chi connectivity index (χ2n) is 5.74. The Labute approximate surface area is 131 Å². The van der Waals surface area contributed by atoms with Crippen LogP contribution in [0.1, 0.15) is 32.6 Å². The fourth-order valence-electron chi connectivity index (χ4n) is 2.45. The van der Waals surface area contributed by atoms with Crippen molar-refractivity contribution in [3.05, 3.63) is 24.3 Å². The summed E-state index contributed by atoms with van der Waals surface area (Å²) in [5.41, 5.74) is 0.597. The highest BCUT2D eigenvalue weighted by Gasteiger charge is 2.33. The molecule has 0 radical (unpaired) electrons. The van der Waals surface area contributed by atoms with Gasteiger partial charge in [0.15, 0.2) is 0 Å². The first kappa shape index (κ1) is 16.3. The van der Waals surface area contributed by atoms with Crippen molar-refractivity contribution in [2.75, 3.05) is 25.2 Å². The quantitative estimate of drug-likeness (QED) is 0.777. The average molecular weight is 302 g/mol. The van der Waals surface area contributed by atoms with Gasteiger partial charge < -0.3 is 14.4 Å². The Morgan fingerprint density at radius 1 is 1.36 bits per heavy atom. The van der Waals surface area contributed by atoms with E-state index in [9.17, 15) is 4.79 Å². The van der Waals surface area contributed by atoms with E-state index in [1.54, 1.807) is 24.1 Å². The van der Waals surface area contributed by atoms with Crippen molar-refractivity contribution in [1.29, 1.82) is 5.26 Å². The number of amides is 1. The largest absolute Gasteiger partial charge is 0.497 e. The summed E-state index contributed by atoms with van der Waals surface area (Å²) in [6, 6.07) is 9.32. The van der Waals surface area contributed by atoms with E-state index in [0.717, 1.165) is 30.7 Å². The summed E-state index contributed by atoms with van der Waals surface area (Å²) in [5, 5.41) is 8.79. The topological polar surface area (TPSA) is 62.6 Å². The third-order valence-electron chi connectivity index (χ3n) is 4.09. The molecule has 0 unspecified atom stereocenters. The van der Waals surface area contributed by atoms with Gasteiger partial charge in [0.25, 0.3) is 5.91 Å². The summed E-state index contributed by atoms with van der Waals surface area (Å²) in [4.78, 5) is 14.1. The normalized spacial score (nSPS) is 15.5. The van der Waals surface area contributed by atoms with Gasteiger partial charge in [-0.05, 0) is 50.5 Å². The zero-order valence-electron chi connectivity index (χ0n) is 13.2. The first-order valence-corrected chi connectivity index (χ1v) is 7.53. The van der Waals surface area contributed by atoms with Crippen molar-refractivity contribution in [3.8, 4) is 11.8 Å². The first-order valence-electron chi connectivity index (χ1n) is 7.53. The minimum absolute atomic E-state index is 0.0496. The maximum atomic E-state index is 12.5. The van der Waals surface area contributed by atoms with E-state index in [1.165, 1.54) is 0 Å². The number of anilines is 1. The molecule has 0 heterocycles.